The first-order chi connectivity index (χ1) is 12.4. The van der Waals surface area contributed by atoms with Gasteiger partial charge in [-0.3, -0.25) is 4.99 Å². The summed E-state index contributed by atoms with van der Waals surface area (Å²) < 4.78 is 5.31. The van der Waals surface area contributed by atoms with Gasteiger partial charge in [0.1, 0.15) is 5.60 Å². The van der Waals surface area contributed by atoms with Gasteiger partial charge >= 0.3 is 6.09 Å². The van der Waals surface area contributed by atoms with E-state index in [4.69, 9.17) is 4.74 Å². The van der Waals surface area contributed by atoms with Crippen molar-refractivity contribution in [2.24, 2.45) is 4.99 Å². The Morgan fingerprint density at radius 1 is 0.964 bits per heavy atom. The van der Waals surface area contributed by atoms with E-state index in [-0.39, 0.29) is 24.0 Å². The van der Waals surface area contributed by atoms with Crippen molar-refractivity contribution in [1.29, 1.82) is 0 Å². The fraction of sp³-hybridized carbons (Fsp3) is 0.900. The first-order valence-electron chi connectivity index (χ1n) is 10.1. The molecule has 28 heavy (non-hydrogen) atoms. The quantitative estimate of drug-likeness (QED) is 0.170. The largest absolute Gasteiger partial charge is 0.444 e. The lowest BCUT2D eigenvalue weighted by Gasteiger charge is -2.29. The third-order valence-corrected chi connectivity index (χ3v) is 3.84. The van der Waals surface area contributed by atoms with Crippen LogP contribution in [0.25, 0.3) is 0 Å². The molecule has 0 saturated heterocycles. The van der Waals surface area contributed by atoms with Gasteiger partial charge in [-0.2, -0.15) is 0 Å². The molecule has 0 aromatic heterocycles. The van der Waals surface area contributed by atoms with Crippen molar-refractivity contribution in [3.05, 3.63) is 0 Å². The van der Waals surface area contributed by atoms with Gasteiger partial charge in [0, 0.05) is 20.1 Å². The standard InChI is InChI=1S/C20H43N5O2.HI/c1-19(2,3)27-18(26)24-20(4,5)16-23-17(21-6)22-14-12-10-9-11-13-15-25(7)8;/h9-16H2,1-8H3,(H,24,26)(H2,21,22,23);1H. The molecule has 0 aromatic carbocycles. The van der Waals surface area contributed by atoms with Crippen LogP contribution in [-0.4, -0.2) is 68.9 Å². The van der Waals surface area contributed by atoms with Gasteiger partial charge < -0.3 is 25.6 Å². The Hall–Kier alpha value is -0.770. The van der Waals surface area contributed by atoms with E-state index in [0.717, 1.165) is 18.9 Å². The minimum absolute atomic E-state index is 0. The lowest BCUT2D eigenvalue weighted by molar-refractivity contribution is 0.0474. The van der Waals surface area contributed by atoms with Crippen LogP contribution in [0.2, 0.25) is 0 Å². The predicted octanol–water partition coefficient (Wildman–Crippen LogP) is 3.58. The number of carbonyl (C=O) groups is 1. The number of rotatable bonds is 11. The minimum atomic E-state index is -0.502. The molecule has 3 N–H and O–H groups in total. The average Bonchev–Trinajstić information content (AvgIpc) is 2.49. The second-order valence-corrected chi connectivity index (χ2v) is 8.93. The Bertz CT molecular complexity index is 448. The van der Waals surface area contributed by atoms with Crippen LogP contribution >= 0.6 is 24.0 Å². The maximum Gasteiger partial charge on any atom is 0.408 e. The summed E-state index contributed by atoms with van der Waals surface area (Å²) in [6.07, 6.45) is 5.77. The maximum absolute atomic E-state index is 11.9. The van der Waals surface area contributed by atoms with Gasteiger partial charge in [0.2, 0.25) is 0 Å². The van der Waals surface area contributed by atoms with Crippen molar-refractivity contribution in [1.82, 2.24) is 20.9 Å². The zero-order valence-corrected chi connectivity index (χ0v) is 21.6. The van der Waals surface area contributed by atoms with E-state index in [1.54, 1.807) is 7.05 Å². The van der Waals surface area contributed by atoms with Crippen LogP contribution in [-0.2, 0) is 4.74 Å². The molecule has 0 fully saturated rings. The second-order valence-electron chi connectivity index (χ2n) is 8.93. The van der Waals surface area contributed by atoms with Gasteiger partial charge in [0.15, 0.2) is 5.96 Å². The number of nitrogens with zero attached hydrogens (tertiary/aromatic N) is 2. The Kier molecular flexibility index (Phi) is 15.9. The number of aliphatic imine (C=N–C) groups is 1. The Morgan fingerprint density at radius 3 is 2.07 bits per heavy atom. The van der Waals surface area contributed by atoms with E-state index in [0.29, 0.717) is 6.54 Å². The number of ether oxygens (including phenoxy) is 1. The summed E-state index contributed by atoms with van der Waals surface area (Å²) >= 11 is 0. The number of amides is 1. The fourth-order valence-corrected chi connectivity index (χ4v) is 2.44. The summed E-state index contributed by atoms with van der Waals surface area (Å²) in [4.78, 5) is 18.4. The fourth-order valence-electron chi connectivity index (χ4n) is 2.44. The maximum atomic E-state index is 11.9. The molecule has 0 bridgehead atoms. The Balaban J connectivity index is 0. The number of guanidine groups is 1. The zero-order chi connectivity index (χ0) is 20.9. The lowest BCUT2D eigenvalue weighted by atomic mass is 10.1. The first kappa shape index (κ1) is 29.4. The van der Waals surface area contributed by atoms with Crippen LogP contribution in [0, 0.1) is 0 Å². The molecule has 8 heteroatoms. The van der Waals surface area contributed by atoms with Crippen molar-refractivity contribution >= 4 is 36.0 Å². The molecular weight excluding hydrogens is 469 g/mol. The van der Waals surface area contributed by atoms with E-state index in [2.05, 4.69) is 39.9 Å². The zero-order valence-electron chi connectivity index (χ0n) is 19.3. The van der Waals surface area contributed by atoms with Crippen molar-refractivity contribution in [3.8, 4) is 0 Å². The molecular formula is C20H44IN5O2. The van der Waals surface area contributed by atoms with Crippen LogP contribution in [0.5, 0.6) is 0 Å². The minimum Gasteiger partial charge on any atom is -0.444 e. The highest BCUT2D eigenvalue weighted by Gasteiger charge is 2.24. The molecule has 0 aliphatic heterocycles. The number of hydrogen-bond donors (Lipinski definition) is 3. The summed E-state index contributed by atoms with van der Waals surface area (Å²) in [5, 5.41) is 9.48. The van der Waals surface area contributed by atoms with Gasteiger partial charge in [-0.15, -0.1) is 24.0 Å². The van der Waals surface area contributed by atoms with Crippen LogP contribution in [0.1, 0.15) is 66.7 Å². The lowest BCUT2D eigenvalue weighted by Crippen LogP contribution is -2.54. The van der Waals surface area contributed by atoms with Gasteiger partial charge in [-0.1, -0.05) is 19.3 Å². The monoisotopic (exact) mass is 513 g/mol. The van der Waals surface area contributed by atoms with Crippen molar-refractivity contribution in [2.75, 3.05) is 40.8 Å². The summed E-state index contributed by atoms with van der Waals surface area (Å²) in [7, 11) is 5.99. The molecule has 0 radical (unpaired) electrons. The third-order valence-electron chi connectivity index (χ3n) is 3.84. The van der Waals surface area contributed by atoms with E-state index < -0.39 is 17.2 Å². The summed E-state index contributed by atoms with van der Waals surface area (Å²) in [5.41, 5.74) is -0.954. The molecule has 168 valence electrons. The van der Waals surface area contributed by atoms with Gasteiger partial charge in [0.25, 0.3) is 0 Å². The molecule has 0 spiro atoms. The van der Waals surface area contributed by atoms with E-state index in [1.165, 1.54) is 32.2 Å². The topological polar surface area (TPSA) is 78.0 Å². The summed E-state index contributed by atoms with van der Waals surface area (Å²) in [6, 6.07) is 0. The number of nitrogens with one attached hydrogen (secondary N) is 3. The highest BCUT2D eigenvalue weighted by atomic mass is 127. The summed E-state index contributed by atoms with van der Waals surface area (Å²) in [5.74, 6) is 0.752. The molecule has 0 saturated carbocycles. The second kappa shape index (κ2) is 15.1. The normalized spacial score (nSPS) is 12.4. The molecule has 1 amide bonds. The van der Waals surface area contributed by atoms with E-state index >= 15 is 0 Å². The molecule has 0 aromatic rings. The molecule has 0 aliphatic carbocycles. The van der Waals surface area contributed by atoms with Crippen molar-refractivity contribution < 1.29 is 9.53 Å². The van der Waals surface area contributed by atoms with Gasteiger partial charge in [-0.25, -0.2) is 4.79 Å². The van der Waals surface area contributed by atoms with E-state index in [9.17, 15) is 4.79 Å². The number of alkyl carbamates (subject to hydrolysis) is 1. The van der Waals surface area contributed by atoms with Crippen LogP contribution in [0.4, 0.5) is 4.79 Å². The first-order valence-corrected chi connectivity index (χ1v) is 10.1. The Morgan fingerprint density at radius 2 is 1.54 bits per heavy atom. The van der Waals surface area contributed by atoms with Gasteiger partial charge in [0.05, 0.1) is 5.54 Å². The smallest absolute Gasteiger partial charge is 0.408 e. The molecule has 0 aliphatic rings. The third kappa shape index (κ3) is 18.6. The molecule has 0 heterocycles. The van der Waals surface area contributed by atoms with E-state index in [1.807, 2.05) is 34.6 Å². The van der Waals surface area contributed by atoms with Crippen LogP contribution in [0.3, 0.4) is 0 Å². The molecule has 0 atom stereocenters. The molecule has 0 unspecified atom stereocenters. The SMILES string of the molecule is CN=C(NCCCCCCCN(C)C)NCC(C)(C)NC(=O)OC(C)(C)C.I. The highest BCUT2D eigenvalue weighted by Crippen LogP contribution is 2.09. The Labute approximate surface area is 189 Å². The molecule has 7 nitrogen and oxygen atoms in total. The number of carbonyl (C=O) groups excluding carboxylic acids is 1. The highest BCUT2D eigenvalue weighted by molar-refractivity contribution is 14.0. The summed E-state index contributed by atoms with van der Waals surface area (Å²) in [6.45, 7) is 12.1. The predicted molar refractivity (Wildman–Crippen MR) is 130 cm³/mol. The van der Waals surface area contributed by atoms with Crippen molar-refractivity contribution in [2.45, 2.75) is 77.9 Å². The van der Waals surface area contributed by atoms with Crippen LogP contribution in [0.15, 0.2) is 4.99 Å². The number of hydrogen-bond acceptors (Lipinski definition) is 4. The number of unbranched alkanes of at least 4 members (excludes halogenated alkanes) is 4. The van der Waals surface area contributed by atoms with Crippen molar-refractivity contribution in [3.63, 3.8) is 0 Å². The number of halogens is 1. The van der Waals surface area contributed by atoms with Crippen LogP contribution < -0.4 is 16.0 Å². The van der Waals surface area contributed by atoms with Gasteiger partial charge in [-0.05, 0) is 68.1 Å². The molecule has 0 rings (SSSR count). The average molecular weight is 514 g/mol.